The summed E-state index contributed by atoms with van der Waals surface area (Å²) in [6.45, 7) is 6.83. The van der Waals surface area contributed by atoms with E-state index in [2.05, 4.69) is 45.0 Å². The van der Waals surface area contributed by atoms with E-state index in [0.29, 0.717) is 5.92 Å². The minimum absolute atomic E-state index is 0.183. The maximum atomic E-state index is 6.57. The predicted octanol–water partition coefficient (Wildman–Crippen LogP) is 4.56. The Labute approximate surface area is 112 Å². The monoisotopic (exact) mass is 245 g/mol. The second-order valence-electron chi connectivity index (χ2n) is 6.76. The molecule has 1 aliphatic rings. The fraction of sp³-hybridized carbons (Fsp3) is 0.647. The van der Waals surface area contributed by atoms with Gasteiger partial charge < -0.3 is 5.73 Å². The van der Waals surface area contributed by atoms with Crippen LogP contribution in [0.1, 0.15) is 70.0 Å². The van der Waals surface area contributed by atoms with Gasteiger partial charge in [-0.15, -0.1) is 0 Å². The first-order valence-corrected chi connectivity index (χ1v) is 7.35. The van der Waals surface area contributed by atoms with Crippen molar-refractivity contribution in [2.45, 2.75) is 64.3 Å². The first-order valence-electron chi connectivity index (χ1n) is 7.35. The zero-order valence-corrected chi connectivity index (χ0v) is 12.1. The van der Waals surface area contributed by atoms with E-state index >= 15 is 0 Å². The Morgan fingerprint density at radius 3 is 2.28 bits per heavy atom. The average Bonchev–Trinajstić information content (AvgIpc) is 2.38. The van der Waals surface area contributed by atoms with Crippen LogP contribution in [0.25, 0.3) is 0 Å². The molecular weight excluding hydrogens is 218 g/mol. The first-order chi connectivity index (χ1) is 8.50. The molecule has 2 N–H and O–H groups in total. The van der Waals surface area contributed by atoms with E-state index < -0.39 is 0 Å². The van der Waals surface area contributed by atoms with Crippen molar-refractivity contribution in [2.75, 3.05) is 0 Å². The van der Waals surface area contributed by atoms with Gasteiger partial charge in [-0.05, 0) is 35.3 Å². The molecule has 0 radical (unpaired) electrons. The standard InChI is InChI=1S/C17H27N/c1-17(2,3)15-12-8-7-11-14(15)16(18)13-9-5-4-6-10-13/h7-8,11-13,16H,4-6,9-10,18H2,1-3H3. The van der Waals surface area contributed by atoms with E-state index in [0.717, 1.165) is 0 Å². The molecule has 1 atom stereocenters. The molecule has 1 aromatic carbocycles. The third kappa shape index (κ3) is 2.95. The van der Waals surface area contributed by atoms with Gasteiger partial charge in [-0.2, -0.15) is 0 Å². The van der Waals surface area contributed by atoms with Gasteiger partial charge in [-0.3, -0.25) is 0 Å². The van der Waals surface area contributed by atoms with E-state index in [1.807, 2.05) is 0 Å². The minimum Gasteiger partial charge on any atom is -0.324 e. The Morgan fingerprint density at radius 1 is 1.06 bits per heavy atom. The molecule has 0 bridgehead atoms. The summed E-state index contributed by atoms with van der Waals surface area (Å²) in [6, 6.07) is 8.98. The van der Waals surface area contributed by atoms with Gasteiger partial charge in [0.1, 0.15) is 0 Å². The van der Waals surface area contributed by atoms with Crippen molar-refractivity contribution in [1.82, 2.24) is 0 Å². The largest absolute Gasteiger partial charge is 0.324 e. The molecule has 1 fully saturated rings. The lowest BCUT2D eigenvalue weighted by Gasteiger charge is -2.32. The number of benzene rings is 1. The molecule has 0 aliphatic heterocycles. The summed E-state index contributed by atoms with van der Waals surface area (Å²) >= 11 is 0. The topological polar surface area (TPSA) is 26.0 Å². The normalized spacial score (nSPS) is 19.8. The quantitative estimate of drug-likeness (QED) is 0.812. The molecule has 1 saturated carbocycles. The fourth-order valence-electron chi connectivity index (χ4n) is 3.22. The Balaban J connectivity index is 2.26. The van der Waals surface area contributed by atoms with E-state index in [4.69, 9.17) is 5.73 Å². The van der Waals surface area contributed by atoms with Crippen LogP contribution in [0.4, 0.5) is 0 Å². The highest BCUT2D eigenvalue weighted by Crippen LogP contribution is 2.37. The summed E-state index contributed by atoms with van der Waals surface area (Å²) in [5.74, 6) is 0.683. The summed E-state index contributed by atoms with van der Waals surface area (Å²) < 4.78 is 0. The number of hydrogen-bond donors (Lipinski definition) is 1. The Bertz CT molecular complexity index is 383. The summed E-state index contributed by atoms with van der Waals surface area (Å²) in [7, 11) is 0. The molecule has 0 amide bonds. The van der Waals surface area contributed by atoms with Gasteiger partial charge in [0.25, 0.3) is 0 Å². The lowest BCUT2D eigenvalue weighted by Crippen LogP contribution is -2.27. The maximum Gasteiger partial charge on any atom is 0.0326 e. The highest BCUT2D eigenvalue weighted by molar-refractivity contribution is 5.35. The van der Waals surface area contributed by atoms with E-state index in [9.17, 15) is 0 Å². The lowest BCUT2D eigenvalue weighted by molar-refractivity contribution is 0.306. The molecule has 1 unspecified atom stereocenters. The van der Waals surface area contributed by atoms with Crippen molar-refractivity contribution in [3.63, 3.8) is 0 Å². The van der Waals surface area contributed by atoms with Crippen LogP contribution < -0.4 is 5.73 Å². The molecule has 1 heteroatoms. The summed E-state index contributed by atoms with van der Waals surface area (Å²) in [6.07, 6.45) is 6.72. The molecule has 1 aromatic rings. The van der Waals surface area contributed by atoms with Crippen LogP contribution in [-0.2, 0) is 5.41 Å². The zero-order valence-electron chi connectivity index (χ0n) is 12.1. The number of hydrogen-bond acceptors (Lipinski definition) is 1. The fourth-order valence-corrected chi connectivity index (χ4v) is 3.22. The van der Waals surface area contributed by atoms with Crippen LogP contribution in [0.15, 0.2) is 24.3 Å². The van der Waals surface area contributed by atoms with Gasteiger partial charge in [0.15, 0.2) is 0 Å². The molecule has 100 valence electrons. The molecule has 0 heterocycles. The highest BCUT2D eigenvalue weighted by atomic mass is 14.7. The van der Waals surface area contributed by atoms with Crippen LogP contribution >= 0.6 is 0 Å². The Hall–Kier alpha value is -0.820. The van der Waals surface area contributed by atoms with Crippen LogP contribution in [0, 0.1) is 5.92 Å². The van der Waals surface area contributed by atoms with Crippen molar-refractivity contribution >= 4 is 0 Å². The van der Waals surface area contributed by atoms with Crippen LogP contribution in [0.2, 0.25) is 0 Å². The van der Waals surface area contributed by atoms with Gasteiger partial charge in [0.2, 0.25) is 0 Å². The number of nitrogens with two attached hydrogens (primary N) is 1. The van der Waals surface area contributed by atoms with Gasteiger partial charge in [0.05, 0.1) is 0 Å². The van der Waals surface area contributed by atoms with Gasteiger partial charge >= 0.3 is 0 Å². The van der Waals surface area contributed by atoms with Crippen molar-refractivity contribution in [1.29, 1.82) is 0 Å². The predicted molar refractivity (Wildman–Crippen MR) is 78.6 cm³/mol. The second-order valence-corrected chi connectivity index (χ2v) is 6.76. The summed E-state index contributed by atoms with van der Waals surface area (Å²) in [5.41, 5.74) is 9.54. The van der Waals surface area contributed by atoms with Gasteiger partial charge in [0, 0.05) is 6.04 Å². The molecule has 2 rings (SSSR count). The lowest BCUT2D eigenvalue weighted by atomic mass is 9.76. The third-order valence-electron chi connectivity index (χ3n) is 4.29. The zero-order chi connectivity index (χ0) is 13.2. The van der Waals surface area contributed by atoms with Crippen molar-refractivity contribution < 1.29 is 0 Å². The molecule has 0 spiro atoms. The van der Waals surface area contributed by atoms with Crippen LogP contribution in [0.5, 0.6) is 0 Å². The highest BCUT2D eigenvalue weighted by Gasteiger charge is 2.26. The number of rotatable bonds is 2. The Morgan fingerprint density at radius 2 is 1.67 bits per heavy atom. The van der Waals surface area contributed by atoms with Gasteiger partial charge in [-0.1, -0.05) is 64.3 Å². The van der Waals surface area contributed by atoms with E-state index in [1.165, 1.54) is 43.2 Å². The van der Waals surface area contributed by atoms with E-state index in [-0.39, 0.29) is 11.5 Å². The van der Waals surface area contributed by atoms with Gasteiger partial charge in [-0.25, -0.2) is 0 Å². The van der Waals surface area contributed by atoms with E-state index in [1.54, 1.807) is 0 Å². The first kappa shape index (κ1) is 13.6. The second kappa shape index (κ2) is 5.44. The SMILES string of the molecule is CC(C)(C)c1ccccc1C(N)C1CCCCC1. The molecule has 18 heavy (non-hydrogen) atoms. The summed E-state index contributed by atoms with van der Waals surface area (Å²) in [5, 5.41) is 0. The molecule has 0 saturated heterocycles. The Kier molecular flexibility index (Phi) is 4.11. The third-order valence-corrected chi connectivity index (χ3v) is 4.29. The molecular formula is C17H27N. The maximum absolute atomic E-state index is 6.57. The smallest absolute Gasteiger partial charge is 0.0326 e. The minimum atomic E-state index is 0.183. The molecule has 0 aromatic heterocycles. The average molecular weight is 245 g/mol. The van der Waals surface area contributed by atoms with Crippen LogP contribution in [-0.4, -0.2) is 0 Å². The van der Waals surface area contributed by atoms with Crippen molar-refractivity contribution in [3.8, 4) is 0 Å². The molecule has 1 aliphatic carbocycles. The van der Waals surface area contributed by atoms with Crippen molar-refractivity contribution in [3.05, 3.63) is 35.4 Å². The van der Waals surface area contributed by atoms with Crippen molar-refractivity contribution in [2.24, 2.45) is 11.7 Å². The van der Waals surface area contributed by atoms with Crippen LogP contribution in [0.3, 0.4) is 0 Å². The molecule has 1 nitrogen and oxygen atoms in total. The summed E-state index contributed by atoms with van der Waals surface area (Å²) in [4.78, 5) is 0.